The smallest absolute Gasteiger partial charge is 0.148 e. The Morgan fingerprint density at radius 1 is 1.10 bits per heavy atom. The van der Waals surface area contributed by atoms with Gasteiger partial charge in [-0.15, -0.1) is 10.2 Å². The molecule has 2 aliphatic heterocycles. The molecule has 29 heavy (non-hydrogen) atoms. The van der Waals surface area contributed by atoms with E-state index in [-0.39, 0.29) is 0 Å². The molecule has 2 saturated heterocycles. The minimum Gasteiger partial charge on any atom is -0.381 e. The van der Waals surface area contributed by atoms with Crippen LogP contribution in [-0.4, -0.2) is 63.8 Å². The molecule has 4 heterocycles. The van der Waals surface area contributed by atoms with Crippen molar-refractivity contribution in [2.24, 2.45) is 24.8 Å². The molecule has 0 amide bonds. The molecule has 0 aromatic carbocycles. The Morgan fingerprint density at radius 3 is 2.48 bits per heavy atom. The van der Waals surface area contributed by atoms with E-state index in [1.807, 2.05) is 24.0 Å². The molecule has 3 fully saturated rings. The van der Waals surface area contributed by atoms with Crippen molar-refractivity contribution in [3.63, 3.8) is 0 Å². The maximum Gasteiger partial charge on any atom is 0.148 e. The lowest BCUT2D eigenvalue weighted by atomic mass is 10.00. The summed E-state index contributed by atoms with van der Waals surface area (Å²) in [6.45, 7) is 7.78. The van der Waals surface area contributed by atoms with E-state index >= 15 is 0 Å². The summed E-state index contributed by atoms with van der Waals surface area (Å²) < 4.78 is 7.37. The number of aromatic nitrogens is 4. The third-order valence-corrected chi connectivity index (χ3v) is 7.06. The van der Waals surface area contributed by atoms with Crippen LogP contribution in [0.4, 0.5) is 5.82 Å². The Hall–Kier alpha value is -1.99. The fourth-order valence-corrected chi connectivity index (χ4v) is 5.62. The summed E-state index contributed by atoms with van der Waals surface area (Å²) in [6, 6.07) is 4.62. The van der Waals surface area contributed by atoms with Crippen LogP contribution in [0.1, 0.15) is 31.2 Å². The summed E-state index contributed by atoms with van der Waals surface area (Å²) in [4.78, 5) is 2.71. The summed E-state index contributed by atoms with van der Waals surface area (Å²) in [7, 11) is 1.94. The number of hydrogen-bond donors (Lipinski definition) is 1. The van der Waals surface area contributed by atoms with Gasteiger partial charge in [0, 0.05) is 45.9 Å². The predicted molar refractivity (Wildman–Crippen MR) is 113 cm³/mol. The average molecular weight is 397 g/mol. The zero-order valence-corrected chi connectivity index (χ0v) is 17.5. The number of hydrogen-bond acceptors (Lipinski definition) is 6. The van der Waals surface area contributed by atoms with E-state index in [4.69, 9.17) is 4.74 Å². The van der Waals surface area contributed by atoms with Crippen LogP contribution in [0.3, 0.4) is 0 Å². The second kappa shape index (κ2) is 8.03. The largest absolute Gasteiger partial charge is 0.381 e. The summed E-state index contributed by atoms with van der Waals surface area (Å²) in [6.07, 6.45) is 6.84. The van der Waals surface area contributed by atoms with Crippen molar-refractivity contribution in [2.75, 3.05) is 38.2 Å². The molecule has 0 radical (unpaired) electrons. The molecule has 1 N–H and O–H groups in total. The van der Waals surface area contributed by atoms with E-state index in [2.05, 4.69) is 38.5 Å². The lowest BCUT2D eigenvalue weighted by Gasteiger charge is -2.27. The molecule has 1 saturated carbocycles. The molecule has 1 aliphatic carbocycles. The minimum atomic E-state index is 0.522. The average Bonchev–Trinajstić information content (AvgIpc) is 3.36. The highest BCUT2D eigenvalue weighted by atomic mass is 16.5. The Labute approximate surface area is 172 Å². The molecule has 3 aliphatic rings. The van der Waals surface area contributed by atoms with E-state index in [1.165, 1.54) is 45.3 Å². The predicted octanol–water partition coefficient (Wildman–Crippen LogP) is 2.73. The van der Waals surface area contributed by atoms with Crippen molar-refractivity contribution in [2.45, 2.75) is 38.6 Å². The van der Waals surface area contributed by atoms with Crippen molar-refractivity contribution in [1.29, 1.82) is 0 Å². The van der Waals surface area contributed by atoms with Gasteiger partial charge in [0.25, 0.3) is 0 Å². The highest BCUT2D eigenvalue weighted by Crippen LogP contribution is 2.39. The fourth-order valence-electron chi connectivity index (χ4n) is 5.62. The number of likely N-dealkylation sites (tertiary alicyclic amines) is 1. The fraction of sp³-hybridized carbons (Fsp3) is 0.682. The van der Waals surface area contributed by atoms with E-state index in [1.54, 1.807) is 0 Å². The van der Waals surface area contributed by atoms with Crippen molar-refractivity contribution >= 4 is 5.82 Å². The van der Waals surface area contributed by atoms with E-state index in [9.17, 15) is 0 Å². The van der Waals surface area contributed by atoms with Crippen molar-refractivity contribution in [1.82, 2.24) is 24.9 Å². The monoisotopic (exact) mass is 396 g/mol. The molecular formula is C22H32N6O. The maximum atomic E-state index is 5.51. The molecule has 5 rings (SSSR count). The number of ether oxygens (including phenoxy) is 1. The molecule has 7 heteroatoms. The Bertz CT molecular complexity index is 795. The summed E-state index contributed by atoms with van der Waals surface area (Å²) in [5.74, 6) is 3.39. The zero-order valence-electron chi connectivity index (χ0n) is 17.5. The van der Waals surface area contributed by atoms with Crippen LogP contribution < -0.4 is 5.32 Å². The Balaban J connectivity index is 1.14. The summed E-state index contributed by atoms with van der Waals surface area (Å²) in [5, 5.41) is 16.8. The lowest BCUT2D eigenvalue weighted by Crippen LogP contribution is -2.32. The lowest BCUT2D eigenvalue weighted by molar-refractivity contribution is 0.0545. The Morgan fingerprint density at radius 2 is 1.86 bits per heavy atom. The normalized spacial score (nSPS) is 28.0. The van der Waals surface area contributed by atoms with Gasteiger partial charge in [0.15, 0.2) is 0 Å². The number of fused-ring (bicyclic) bond motifs is 1. The molecule has 2 aromatic rings. The molecule has 2 aromatic heterocycles. The van der Waals surface area contributed by atoms with Gasteiger partial charge in [-0.3, -0.25) is 4.68 Å². The van der Waals surface area contributed by atoms with E-state index in [0.29, 0.717) is 6.04 Å². The summed E-state index contributed by atoms with van der Waals surface area (Å²) in [5.41, 5.74) is 3.03. The SMILES string of the molecule is Cc1cnn(C)c1-c1ccc(NC2CC3CN(CC4CCOCC4)CC3C2)nn1. The van der Waals surface area contributed by atoms with Crippen molar-refractivity contribution < 1.29 is 4.74 Å². The molecule has 7 nitrogen and oxygen atoms in total. The quantitative estimate of drug-likeness (QED) is 0.838. The molecule has 2 unspecified atom stereocenters. The van der Waals surface area contributed by atoms with Crippen LogP contribution in [0.2, 0.25) is 0 Å². The van der Waals surface area contributed by atoms with Gasteiger partial charge in [-0.05, 0) is 68.1 Å². The second-order valence-corrected chi connectivity index (χ2v) is 9.21. The van der Waals surface area contributed by atoms with Gasteiger partial charge in [-0.1, -0.05) is 0 Å². The third kappa shape index (κ3) is 4.03. The molecular weight excluding hydrogens is 364 g/mol. The topological polar surface area (TPSA) is 68.1 Å². The molecule has 0 spiro atoms. The Kier molecular flexibility index (Phi) is 5.26. The van der Waals surface area contributed by atoms with Crippen LogP contribution in [0.15, 0.2) is 18.3 Å². The standard InChI is InChI=1S/C22H32N6O/c1-15-11-23-27(2)22(15)20-3-4-21(26-25-20)24-19-9-17-13-28(14-18(17)10-19)12-16-5-7-29-8-6-16/h3-4,11,16-19H,5-10,12-14H2,1-2H3,(H,24,26). The highest BCUT2D eigenvalue weighted by molar-refractivity contribution is 5.59. The van der Waals surface area contributed by atoms with E-state index < -0.39 is 0 Å². The number of nitrogens with one attached hydrogen (secondary N) is 1. The van der Waals surface area contributed by atoms with Gasteiger partial charge in [0.2, 0.25) is 0 Å². The van der Waals surface area contributed by atoms with Crippen LogP contribution in [0, 0.1) is 24.7 Å². The molecule has 156 valence electrons. The molecule has 0 bridgehead atoms. The number of nitrogens with zero attached hydrogens (tertiary/aromatic N) is 5. The first-order chi connectivity index (χ1) is 14.2. The third-order valence-electron chi connectivity index (χ3n) is 7.06. The van der Waals surface area contributed by atoms with Gasteiger partial charge in [-0.2, -0.15) is 5.10 Å². The van der Waals surface area contributed by atoms with Crippen LogP contribution in [-0.2, 0) is 11.8 Å². The first-order valence-electron chi connectivity index (χ1n) is 11.0. The first kappa shape index (κ1) is 19.0. The maximum absolute atomic E-state index is 5.51. The van der Waals surface area contributed by atoms with Gasteiger partial charge < -0.3 is 15.0 Å². The summed E-state index contributed by atoms with van der Waals surface area (Å²) >= 11 is 0. The van der Waals surface area contributed by atoms with E-state index in [0.717, 1.165) is 53.7 Å². The van der Waals surface area contributed by atoms with Crippen LogP contribution in [0.5, 0.6) is 0 Å². The number of aryl methyl sites for hydroxylation is 2. The van der Waals surface area contributed by atoms with Crippen molar-refractivity contribution in [3.8, 4) is 11.4 Å². The molecule has 2 atom stereocenters. The van der Waals surface area contributed by atoms with Gasteiger partial charge >= 0.3 is 0 Å². The van der Waals surface area contributed by atoms with Gasteiger partial charge in [0.1, 0.15) is 11.5 Å². The van der Waals surface area contributed by atoms with Crippen LogP contribution in [0.25, 0.3) is 11.4 Å². The van der Waals surface area contributed by atoms with Crippen molar-refractivity contribution in [3.05, 3.63) is 23.9 Å². The highest BCUT2D eigenvalue weighted by Gasteiger charge is 2.41. The zero-order chi connectivity index (χ0) is 19.8. The van der Waals surface area contributed by atoms with Gasteiger partial charge in [-0.25, -0.2) is 0 Å². The second-order valence-electron chi connectivity index (χ2n) is 9.21. The van der Waals surface area contributed by atoms with Crippen LogP contribution >= 0.6 is 0 Å². The first-order valence-corrected chi connectivity index (χ1v) is 11.0. The van der Waals surface area contributed by atoms with Gasteiger partial charge in [0.05, 0.1) is 11.9 Å². The number of rotatable bonds is 5. The number of anilines is 1. The minimum absolute atomic E-state index is 0.522.